The molecule has 1 amide bonds. The molecule has 0 aliphatic carbocycles. The summed E-state index contributed by atoms with van der Waals surface area (Å²) in [5.41, 5.74) is 3.15. The van der Waals surface area contributed by atoms with Gasteiger partial charge in [-0.25, -0.2) is 9.18 Å². The first kappa shape index (κ1) is 18.6. The highest BCUT2D eigenvalue weighted by atomic mass is 19.1. The van der Waals surface area contributed by atoms with E-state index in [-0.39, 0.29) is 23.9 Å². The minimum Gasteiger partial charge on any atom is -0.419 e. The van der Waals surface area contributed by atoms with Gasteiger partial charge in [0.2, 0.25) is 6.29 Å². The smallest absolute Gasteiger partial charge is 0.412 e. The summed E-state index contributed by atoms with van der Waals surface area (Å²) in [5, 5.41) is 0. The summed E-state index contributed by atoms with van der Waals surface area (Å²) in [6, 6.07) is 14.2. The van der Waals surface area contributed by atoms with Crippen molar-refractivity contribution >= 4 is 6.09 Å². The first-order valence-corrected chi connectivity index (χ1v) is 10.2. The van der Waals surface area contributed by atoms with Crippen molar-refractivity contribution in [1.82, 2.24) is 9.80 Å². The van der Waals surface area contributed by atoms with Gasteiger partial charge in [-0.3, -0.25) is 4.90 Å². The number of hydrogen-bond acceptors (Lipinski definition) is 4. The zero-order valence-corrected chi connectivity index (χ0v) is 16.5. The molecule has 0 N–H and O–H groups in total. The van der Waals surface area contributed by atoms with Crippen LogP contribution in [0.4, 0.5) is 9.18 Å². The monoisotopic (exact) mass is 396 g/mol. The largest absolute Gasteiger partial charge is 0.419 e. The lowest BCUT2D eigenvalue weighted by Gasteiger charge is -2.37. The highest BCUT2D eigenvalue weighted by Gasteiger charge is 2.46. The van der Waals surface area contributed by atoms with Gasteiger partial charge in [-0.15, -0.1) is 0 Å². The summed E-state index contributed by atoms with van der Waals surface area (Å²) in [7, 11) is 2.09. The van der Waals surface area contributed by atoms with Gasteiger partial charge in [0.25, 0.3) is 0 Å². The number of hydrogen-bond donors (Lipinski definition) is 0. The minimum atomic E-state index is -0.497. The van der Waals surface area contributed by atoms with E-state index in [2.05, 4.69) is 18.0 Å². The number of ether oxygens (including phenoxy) is 2. The average Bonchev–Trinajstić information content (AvgIpc) is 3.27. The van der Waals surface area contributed by atoms with Crippen molar-refractivity contribution in [3.8, 4) is 0 Å². The van der Waals surface area contributed by atoms with Gasteiger partial charge in [0.1, 0.15) is 5.82 Å². The van der Waals surface area contributed by atoms with Crippen molar-refractivity contribution in [2.75, 3.05) is 33.3 Å². The maximum Gasteiger partial charge on any atom is 0.412 e. The number of fused-ring (bicyclic) bond motifs is 2. The standard InChI is InChI=1S/C23H25FN2O3/c1-25-12-17-14-28-22(20(17)13-25)29-23(27)26-11-10-15-4-2-3-5-19(15)21(26)16-6-8-18(24)9-7-16/h2-9,17,20-22H,10-14H2,1H3/t17-,20-,21-,22-/m0/s1. The Bertz CT molecular complexity index is 903. The van der Waals surface area contributed by atoms with Crippen molar-refractivity contribution in [1.29, 1.82) is 0 Å². The van der Waals surface area contributed by atoms with Crippen LogP contribution >= 0.6 is 0 Å². The Kier molecular flexibility index (Phi) is 4.76. The molecule has 4 atom stereocenters. The zero-order chi connectivity index (χ0) is 20.0. The van der Waals surface area contributed by atoms with E-state index in [1.54, 1.807) is 17.0 Å². The third-order valence-corrected chi connectivity index (χ3v) is 6.42. The third-order valence-electron chi connectivity index (χ3n) is 6.42. The van der Waals surface area contributed by atoms with Gasteiger partial charge in [0, 0.05) is 31.5 Å². The van der Waals surface area contributed by atoms with E-state index in [0.29, 0.717) is 19.1 Å². The van der Waals surface area contributed by atoms with E-state index in [9.17, 15) is 9.18 Å². The molecule has 6 heteroatoms. The van der Waals surface area contributed by atoms with E-state index < -0.39 is 6.29 Å². The van der Waals surface area contributed by atoms with Crippen LogP contribution in [-0.2, 0) is 15.9 Å². The number of rotatable bonds is 2. The first-order chi connectivity index (χ1) is 14.1. The van der Waals surface area contributed by atoms with Crippen molar-refractivity contribution in [3.63, 3.8) is 0 Å². The maximum atomic E-state index is 13.5. The summed E-state index contributed by atoms with van der Waals surface area (Å²) in [6.07, 6.45) is -0.0963. The van der Waals surface area contributed by atoms with Crippen molar-refractivity contribution in [3.05, 3.63) is 71.0 Å². The highest BCUT2D eigenvalue weighted by molar-refractivity contribution is 5.70. The number of carbonyl (C=O) groups excluding carboxylic acids is 1. The van der Waals surface area contributed by atoms with Crippen LogP contribution < -0.4 is 0 Å². The van der Waals surface area contributed by atoms with E-state index in [1.807, 2.05) is 18.2 Å². The number of likely N-dealkylation sites (tertiary alicyclic amines) is 1. The van der Waals surface area contributed by atoms with E-state index in [0.717, 1.165) is 30.6 Å². The first-order valence-electron chi connectivity index (χ1n) is 10.2. The normalized spacial score (nSPS) is 28.8. The zero-order valence-electron chi connectivity index (χ0n) is 16.5. The van der Waals surface area contributed by atoms with Crippen LogP contribution in [-0.4, -0.2) is 55.5 Å². The summed E-state index contributed by atoms with van der Waals surface area (Å²) in [5.74, 6) is 0.362. The van der Waals surface area contributed by atoms with Gasteiger partial charge >= 0.3 is 6.09 Å². The van der Waals surface area contributed by atoms with Crippen molar-refractivity contribution < 1.29 is 18.7 Å². The number of halogens is 1. The molecule has 0 spiro atoms. The lowest BCUT2D eigenvalue weighted by Crippen LogP contribution is -2.43. The molecular formula is C23H25FN2O3. The van der Waals surface area contributed by atoms with Gasteiger partial charge in [-0.2, -0.15) is 0 Å². The summed E-state index contributed by atoms with van der Waals surface area (Å²) in [6.45, 7) is 3.05. The van der Waals surface area contributed by atoms with Crippen LogP contribution in [0.3, 0.4) is 0 Å². The lowest BCUT2D eigenvalue weighted by molar-refractivity contribution is -0.102. The Morgan fingerprint density at radius 1 is 1.14 bits per heavy atom. The number of nitrogens with zero attached hydrogens (tertiary/aromatic N) is 2. The van der Waals surface area contributed by atoms with Gasteiger partial charge < -0.3 is 14.4 Å². The lowest BCUT2D eigenvalue weighted by atomic mass is 9.88. The molecular weight excluding hydrogens is 371 g/mol. The van der Waals surface area contributed by atoms with Crippen LogP contribution in [0.15, 0.2) is 48.5 Å². The van der Waals surface area contributed by atoms with E-state index in [1.165, 1.54) is 17.7 Å². The molecule has 5 nitrogen and oxygen atoms in total. The number of carbonyl (C=O) groups is 1. The Hall–Kier alpha value is -2.44. The van der Waals surface area contributed by atoms with Crippen LogP contribution in [0.2, 0.25) is 0 Å². The summed E-state index contributed by atoms with van der Waals surface area (Å²) in [4.78, 5) is 17.2. The number of amides is 1. The number of benzene rings is 2. The fourth-order valence-corrected chi connectivity index (χ4v) is 5.00. The van der Waals surface area contributed by atoms with Crippen LogP contribution in [0.25, 0.3) is 0 Å². The summed E-state index contributed by atoms with van der Waals surface area (Å²) >= 11 is 0. The van der Waals surface area contributed by atoms with Gasteiger partial charge in [0.05, 0.1) is 12.6 Å². The second kappa shape index (κ2) is 7.43. The Morgan fingerprint density at radius 3 is 2.76 bits per heavy atom. The quantitative estimate of drug-likeness (QED) is 0.780. The molecule has 3 heterocycles. The molecule has 152 valence electrons. The van der Waals surface area contributed by atoms with E-state index in [4.69, 9.17) is 9.47 Å². The predicted octanol–water partition coefficient (Wildman–Crippen LogP) is 3.44. The topological polar surface area (TPSA) is 42.0 Å². The van der Waals surface area contributed by atoms with Gasteiger partial charge in [-0.1, -0.05) is 36.4 Å². The Labute approximate surface area is 170 Å². The van der Waals surface area contributed by atoms with Gasteiger partial charge in [-0.05, 0) is 42.3 Å². The molecule has 0 aromatic heterocycles. The molecule has 2 saturated heterocycles. The van der Waals surface area contributed by atoms with Crippen LogP contribution in [0.5, 0.6) is 0 Å². The van der Waals surface area contributed by atoms with Gasteiger partial charge in [0.15, 0.2) is 0 Å². The fourth-order valence-electron chi connectivity index (χ4n) is 5.00. The van der Waals surface area contributed by atoms with E-state index >= 15 is 0 Å². The molecule has 29 heavy (non-hydrogen) atoms. The third kappa shape index (κ3) is 3.40. The average molecular weight is 396 g/mol. The molecule has 0 radical (unpaired) electrons. The Morgan fingerprint density at radius 2 is 1.93 bits per heavy atom. The predicted molar refractivity (Wildman–Crippen MR) is 106 cm³/mol. The maximum absolute atomic E-state index is 13.5. The van der Waals surface area contributed by atoms with Crippen molar-refractivity contribution in [2.45, 2.75) is 18.8 Å². The molecule has 3 aliphatic heterocycles. The van der Waals surface area contributed by atoms with Crippen LogP contribution in [0.1, 0.15) is 22.7 Å². The SMILES string of the molecule is CN1C[C@H]2CO[C@@H](OC(=O)N3CCc4ccccc4[C@@H]3c3ccc(F)cc3)[C@H]2C1. The minimum absolute atomic E-state index is 0.227. The molecule has 0 bridgehead atoms. The molecule has 5 rings (SSSR count). The highest BCUT2D eigenvalue weighted by Crippen LogP contribution is 2.38. The fraction of sp³-hybridized carbons (Fsp3) is 0.435. The molecule has 2 fully saturated rings. The summed E-state index contributed by atoms with van der Waals surface area (Å²) < 4.78 is 25.2. The molecule has 0 unspecified atom stereocenters. The second-order valence-corrected chi connectivity index (χ2v) is 8.33. The van der Waals surface area contributed by atoms with Crippen molar-refractivity contribution in [2.24, 2.45) is 11.8 Å². The second-order valence-electron chi connectivity index (χ2n) is 8.33. The Balaban J connectivity index is 1.42. The molecule has 3 aliphatic rings. The molecule has 2 aromatic rings. The molecule has 0 saturated carbocycles. The molecule has 2 aromatic carbocycles. The van der Waals surface area contributed by atoms with Crippen LogP contribution in [0, 0.1) is 17.7 Å².